The highest BCUT2D eigenvalue weighted by atomic mass is 16.1. The minimum absolute atomic E-state index is 0.0687. The quantitative estimate of drug-likeness (QED) is 0.771. The van der Waals surface area contributed by atoms with Gasteiger partial charge >= 0.3 is 0 Å². The van der Waals surface area contributed by atoms with E-state index in [9.17, 15) is 4.79 Å². The van der Waals surface area contributed by atoms with Gasteiger partial charge in [0.1, 0.15) is 0 Å². The van der Waals surface area contributed by atoms with Crippen LogP contribution in [0.5, 0.6) is 0 Å². The molecular weight excluding hydrogens is 188 g/mol. The van der Waals surface area contributed by atoms with Gasteiger partial charge in [0.05, 0.1) is 12.6 Å². The maximum Gasteiger partial charge on any atom is 0.234 e. The predicted molar refractivity (Wildman–Crippen MR) is 59.6 cm³/mol. The molecule has 1 atom stereocenters. The van der Waals surface area contributed by atoms with Crippen molar-refractivity contribution in [3.63, 3.8) is 0 Å². The second-order valence-electron chi connectivity index (χ2n) is 3.89. The first-order valence-electron chi connectivity index (χ1n) is 5.33. The van der Waals surface area contributed by atoms with Crippen LogP contribution in [-0.2, 0) is 11.2 Å². The molecule has 0 radical (unpaired) electrons. The van der Waals surface area contributed by atoms with Gasteiger partial charge in [0.15, 0.2) is 0 Å². The Morgan fingerprint density at radius 2 is 2.27 bits per heavy atom. The van der Waals surface area contributed by atoms with E-state index >= 15 is 0 Å². The van der Waals surface area contributed by atoms with E-state index in [-0.39, 0.29) is 11.9 Å². The fraction of sp³-hybridized carbons (Fsp3) is 0.417. The third kappa shape index (κ3) is 2.18. The Morgan fingerprint density at radius 3 is 3.07 bits per heavy atom. The highest BCUT2D eigenvalue weighted by molar-refractivity contribution is 5.78. The van der Waals surface area contributed by atoms with Gasteiger partial charge in [0, 0.05) is 0 Å². The summed E-state index contributed by atoms with van der Waals surface area (Å²) in [7, 11) is 1.78. The van der Waals surface area contributed by atoms with Crippen molar-refractivity contribution in [2.75, 3.05) is 13.6 Å². The van der Waals surface area contributed by atoms with Crippen LogP contribution in [0.2, 0.25) is 0 Å². The Hall–Kier alpha value is -1.35. The SMILES string of the molecule is CNCC(=O)NC1CCc2ccccc21. The number of amides is 1. The summed E-state index contributed by atoms with van der Waals surface area (Å²) in [6.07, 6.45) is 2.09. The molecule has 0 saturated carbocycles. The van der Waals surface area contributed by atoms with Crippen LogP contribution in [0, 0.1) is 0 Å². The van der Waals surface area contributed by atoms with Crippen molar-refractivity contribution in [3.05, 3.63) is 35.4 Å². The van der Waals surface area contributed by atoms with E-state index in [4.69, 9.17) is 0 Å². The van der Waals surface area contributed by atoms with Gasteiger partial charge in [-0.1, -0.05) is 24.3 Å². The smallest absolute Gasteiger partial charge is 0.234 e. The van der Waals surface area contributed by atoms with Crippen LogP contribution in [0.25, 0.3) is 0 Å². The molecule has 0 aliphatic heterocycles. The Labute approximate surface area is 89.9 Å². The molecule has 3 heteroatoms. The lowest BCUT2D eigenvalue weighted by Gasteiger charge is -2.13. The number of benzene rings is 1. The Bertz CT molecular complexity index is 362. The van der Waals surface area contributed by atoms with E-state index in [1.165, 1.54) is 11.1 Å². The van der Waals surface area contributed by atoms with E-state index in [1.807, 2.05) is 6.07 Å². The van der Waals surface area contributed by atoms with E-state index in [0.29, 0.717) is 6.54 Å². The van der Waals surface area contributed by atoms with Gasteiger partial charge in [-0.05, 0) is 31.0 Å². The summed E-state index contributed by atoms with van der Waals surface area (Å²) < 4.78 is 0. The molecule has 3 nitrogen and oxygen atoms in total. The molecule has 1 amide bonds. The number of likely N-dealkylation sites (N-methyl/N-ethyl adjacent to an activating group) is 1. The number of hydrogen-bond donors (Lipinski definition) is 2. The van der Waals surface area contributed by atoms with Gasteiger partial charge in [-0.3, -0.25) is 4.79 Å². The monoisotopic (exact) mass is 204 g/mol. The van der Waals surface area contributed by atoms with Crippen molar-refractivity contribution in [1.82, 2.24) is 10.6 Å². The zero-order chi connectivity index (χ0) is 10.7. The van der Waals surface area contributed by atoms with Crippen molar-refractivity contribution < 1.29 is 4.79 Å². The van der Waals surface area contributed by atoms with Crippen LogP contribution in [0.4, 0.5) is 0 Å². The van der Waals surface area contributed by atoms with Crippen LogP contribution in [0.1, 0.15) is 23.6 Å². The number of carbonyl (C=O) groups excluding carboxylic acids is 1. The lowest BCUT2D eigenvalue weighted by atomic mass is 10.1. The topological polar surface area (TPSA) is 41.1 Å². The van der Waals surface area contributed by atoms with E-state index < -0.39 is 0 Å². The van der Waals surface area contributed by atoms with Crippen molar-refractivity contribution in [2.45, 2.75) is 18.9 Å². The number of hydrogen-bond acceptors (Lipinski definition) is 2. The first kappa shape index (κ1) is 10.2. The van der Waals surface area contributed by atoms with Crippen LogP contribution < -0.4 is 10.6 Å². The lowest BCUT2D eigenvalue weighted by Crippen LogP contribution is -2.34. The molecule has 2 N–H and O–H groups in total. The minimum atomic E-state index is 0.0687. The van der Waals surface area contributed by atoms with Crippen LogP contribution in [0.15, 0.2) is 24.3 Å². The molecule has 0 bridgehead atoms. The van der Waals surface area contributed by atoms with E-state index in [2.05, 4.69) is 28.8 Å². The predicted octanol–water partition coefficient (Wildman–Crippen LogP) is 1.01. The molecule has 0 heterocycles. The summed E-state index contributed by atoms with van der Waals surface area (Å²) in [5, 5.41) is 5.89. The fourth-order valence-electron chi connectivity index (χ4n) is 2.11. The van der Waals surface area contributed by atoms with Crippen LogP contribution >= 0.6 is 0 Å². The van der Waals surface area contributed by atoms with Gasteiger partial charge in [-0.15, -0.1) is 0 Å². The standard InChI is InChI=1S/C12H16N2O/c1-13-8-12(15)14-11-7-6-9-4-2-3-5-10(9)11/h2-5,11,13H,6-8H2,1H3,(H,14,15). The first-order chi connectivity index (χ1) is 7.31. The highest BCUT2D eigenvalue weighted by Crippen LogP contribution is 2.30. The Morgan fingerprint density at radius 1 is 1.47 bits per heavy atom. The first-order valence-corrected chi connectivity index (χ1v) is 5.33. The molecule has 1 unspecified atom stereocenters. The van der Waals surface area contributed by atoms with Crippen molar-refractivity contribution in [3.8, 4) is 0 Å². The highest BCUT2D eigenvalue weighted by Gasteiger charge is 2.22. The van der Waals surface area contributed by atoms with Gasteiger partial charge in [0.2, 0.25) is 5.91 Å². The molecule has 0 fully saturated rings. The number of rotatable bonds is 3. The van der Waals surface area contributed by atoms with Gasteiger partial charge in [-0.25, -0.2) is 0 Å². The largest absolute Gasteiger partial charge is 0.348 e. The fourth-order valence-corrected chi connectivity index (χ4v) is 2.11. The summed E-state index contributed by atoms with van der Waals surface area (Å²) in [5.41, 5.74) is 2.65. The molecule has 1 aliphatic rings. The average Bonchev–Trinajstić information content (AvgIpc) is 2.62. The Balaban J connectivity index is 2.04. The van der Waals surface area contributed by atoms with E-state index in [0.717, 1.165) is 12.8 Å². The van der Waals surface area contributed by atoms with Crippen LogP contribution in [0.3, 0.4) is 0 Å². The van der Waals surface area contributed by atoms with Gasteiger partial charge < -0.3 is 10.6 Å². The lowest BCUT2D eigenvalue weighted by molar-refractivity contribution is -0.120. The molecule has 80 valence electrons. The maximum absolute atomic E-state index is 11.4. The van der Waals surface area contributed by atoms with Gasteiger partial charge in [0.25, 0.3) is 0 Å². The third-order valence-corrected chi connectivity index (χ3v) is 2.81. The van der Waals surface area contributed by atoms with Crippen LogP contribution in [-0.4, -0.2) is 19.5 Å². The molecular formula is C12H16N2O. The summed E-state index contributed by atoms with van der Waals surface area (Å²) in [4.78, 5) is 11.4. The van der Waals surface area contributed by atoms with Crippen molar-refractivity contribution in [2.24, 2.45) is 0 Å². The number of nitrogens with one attached hydrogen (secondary N) is 2. The molecule has 0 spiro atoms. The summed E-state index contributed by atoms with van der Waals surface area (Å²) in [6, 6.07) is 8.53. The molecule has 0 aromatic heterocycles. The average molecular weight is 204 g/mol. The number of carbonyl (C=O) groups is 1. The number of aryl methyl sites for hydroxylation is 1. The van der Waals surface area contributed by atoms with Gasteiger partial charge in [-0.2, -0.15) is 0 Å². The zero-order valence-corrected chi connectivity index (χ0v) is 8.92. The number of fused-ring (bicyclic) bond motifs is 1. The van der Waals surface area contributed by atoms with Crippen molar-refractivity contribution in [1.29, 1.82) is 0 Å². The normalized spacial score (nSPS) is 18.6. The maximum atomic E-state index is 11.4. The van der Waals surface area contributed by atoms with Crippen molar-refractivity contribution >= 4 is 5.91 Å². The second-order valence-corrected chi connectivity index (χ2v) is 3.89. The van der Waals surface area contributed by atoms with E-state index in [1.54, 1.807) is 7.05 Å². The molecule has 1 aromatic carbocycles. The Kier molecular flexibility index (Phi) is 3.02. The minimum Gasteiger partial charge on any atom is -0.348 e. The molecule has 2 rings (SSSR count). The third-order valence-electron chi connectivity index (χ3n) is 2.81. The molecule has 0 saturated heterocycles. The summed E-state index contributed by atoms with van der Waals surface area (Å²) >= 11 is 0. The second kappa shape index (κ2) is 4.45. The molecule has 1 aliphatic carbocycles. The molecule has 15 heavy (non-hydrogen) atoms. The summed E-state index contributed by atoms with van der Waals surface area (Å²) in [6.45, 7) is 0.388. The molecule has 1 aromatic rings. The summed E-state index contributed by atoms with van der Waals surface area (Å²) in [5.74, 6) is 0.0687. The zero-order valence-electron chi connectivity index (χ0n) is 8.92.